The van der Waals surface area contributed by atoms with Crippen molar-refractivity contribution < 1.29 is 27.5 Å². The second kappa shape index (κ2) is 11.4. The maximum absolute atomic E-state index is 12.5. The molecule has 9 nitrogen and oxygen atoms in total. The second-order valence-electron chi connectivity index (χ2n) is 7.85. The molecule has 11 heteroatoms. The van der Waals surface area contributed by atoms with Crippen molar-refractivity contribution in [3.05, 3.63) is 81.9 Å². The quantitative estimate of drug-likeness (QED) is 0.392. The standard InChI is InChI=1S/C24H26ClN3O6S/c1-4-5-21-26-13-20(27-21)22(24(30)33-2)15-7-10-18(11-8-15)34-14-16-6-9-17(25)12-19(16)23(29)28-35(3,31)32/h6-13,22H,4-5,14H2,1-3H3,(H,26,27)(H,28,29). The van der Waals surface area contributed by atoms with E-state index in [1.807, 2.05) is 11.6 Å². The van der Waals surface area contributed by atoms with E-state index >= 15 is 0 Å². The first-order valence-corrected chi connectivity index (χ1v) is 13.0. The molecule has 3 rings (SSSR count). The molecule has 0 aliphatic heterocycles. The first-order chi connectivity index (χ1) is 16.6. The van der Waals surface area contributed by atoms with Crippen LogP contribution in [0.15, 0.2) is 48.7 Å². The first-order valence-electron chi connectivity index (χ1n) is 10.8. The fourth-order valence-corrected chi connectivity index (χ4v) is 4.10. The number of rotatable bonds is 10. The number of carbonyl (C=O) groups is 2. The Labute approximate surface area is 208 Å². The van der Waals surface area contributed by atoms with Gasteiger partial charge in [-0.15, -0.1) is 0 Å². The van der Waals surface area contributed by atoms with E-state index in [0.29, 0.717) is 22.6 Å². The van der Waals surface area contributed by atoms with E-state index in [-0.39, 0.29) is 17.2 Å². The van der Waals surface area contributed by atoms with Gasteiger partial charge < -0.3 is 14.5 Å². The number of sulfonamides is 1. The molecule has 2 N–H and O–H groups in total. The van der Waals surface area contributed by atoms with Gasteiger partial charge in [-0.1, -0.05) is 36.7 Å². The zero-order chi connectivity index (χ0) is 25.6. The molecular formula is C24H26ClN3O6S. The van der Waals surface area contributed by atoms with Crippen molar-refractivity contribution in [3.63, 3.8) is 0 Å². The van der Waals surface area contributed by atoms with Crippen LogP contribution in [0, 0.1) is 0 Å². The number of nitrogens with zero attached hydrogens (tertiary/aromatic N) is 1. The fraction of sp³-hybridized carbons (Fsp3) is 0.292. The fourth-order valence-electron chi connectivity index (χ4n) is 3.48. The minimum Gasteiger partial charge on any atom is -0.489 e. The lowest BCUT2D eigenvalue weighted by Gasteiger charge is -2.15. The predicted octanol–water partition coefficient (Wildman–Crippen LogP) is 3.59. The molecule has 1 atom stereocenters. The number of benzene rings is 2. The number of esters is 1. The summed E-state index contributed by atoms with van der Waals surface area (Å²) in [5, 5.41) is 0.284. The lowest BCUT2D eigenvalue weighted by Crippen LogP contribution is -2.30. The summed E-state index contributed by atoms with van der Waals surface area (Å²) in [6.07, 6.45) is 4.23. The Kier molecular flexibility index (Phi) is 8.52. The number of aromatic amines is 1. The molecule has 0 saturated carbocycles. The molecule has 1 aromatic heterocycles. The number of nitrogens with one attached hydrogen (secondary N) is 2. The monoisotopic (exact) mass is 519 g/mol. The van der Waals surface area contributed by atoms with Gasteiger partial charge in [0.15, 0.2) is 0 Å². The van der Waals surface area contributed by atoms with E-state index in [2.05, 4.69) is 9.97 Å². The van der Waals surface area contributed by atoms with Crippen LogP contribution in [-0.2, 0) is 32.6 Å². The van der Waals surface area contributed by atoms with Crippen LogP contribution in [0.25, 0.3) is 0 Å². The lowest BCUT2D eigenvalue weighted by molar-refractivity contribution is -0.141. The van der Waals surface area contributed by atoms with E-state index in [4.69, 9.17) is 21.1 Å². The summed E-state index contributed by atoms with van der Waals surface area (Å²) >= 11 is 5.99. The van der Waals surface area contributed by atoms with Gasteiger partial charge in [0, 0.05) is 28.8 Å². The van der Waals surface area contributed by atoms with Crippen molar-refractivity contribution in [1.29, 1.82) is 0 Å². The number of imidazole rings is 1. The van der Waals surface area contributed by atoms with Crippen molar-refractivity contribution in [3.8, 4) is 5.75 Å². The van der Waals surface area contributed by atoms with Gasteiger partial charge in [-0.25, -0.2) is 18.1 Å². The molecule has 0 fully saturated rings. The number of carbonyl (C=O) groups excluding carboxylic acids is 2. The summed E-state index contributed by atoms with van der Waals surface area (Å²) < 4.78 is 35.6. The Bertz CT molecular complexity index is 1310. The van der Waals surface area contributed by atoms with E-state index < -0.39 is 27.8 Å². The smallest absolute Gasteiger partial charge is 0.319 e. The van der Waals surface area contributed by atoms with Crippen molar-refractivity contribution in [2.75, 3.05) is 13.4 Å². The number of aromatic nitrogens is 2. The number of halogens is 1. The Morgan fingerprint density at radius 3 is 2.51 bits per heavy atom. The number of H-pyrrole nitrogens is 1. The van der Waals surface area contributed by atoms with Crippen molar-refractivity contribution in [1.82, 2.24) is 14.7 Å². The summed E-state index contributed by atoms with van der Waals surface area (Å²) in [7, 11) is -2.41. The molecule has 35 heavy (non-hydrogen) atoms. The van der Waals surface area contributed by atoms with Crippen LogP contribution in [0.5, 0.6) is 5.75 Å². The molecule has 0 aliphatic carbocycles. The normalized spacial score (nSPS) is 12.1. The molecule has 0 radical (unpaired) electrons. The van der Waals surface area contributed by atoms with Gasteiger partial charge in [-0.05, 0) is 36.2 Å². The molecule has 1 heterocycles. The van der Waals surface area contributed by atoms with Crippen LogP contribution in [-0.4, -0.2) is 43.6 Å². The minimum absolute atomic E-state index is 0.00954. The number of aryl methyl sites for hydroxylation is 1. The highest BCUT2D eigenvalue weighted by atomic mass is 35.5. The number of amides is 1. The van der Waals surface area contributed by atoms with Gasteiger partial charge in [0.25, 0.3) is 5.91 Å². The molecule has 0 spiro atoms. The maximum Gasteiger partial charge on any atom is 0.319 e. The average molecular weight is 520 g/mol. The van der Waals surface area contributed by atoms with Crippen molar-refractivity contribution in [2.24, 2.45) is 0 Å². The van der Waals surface area contributed by atoms with Gasteiger partial charge in [-0.3, -0.25) is 9.59 Å². The summed E-state index contributed by atoms with van der Waals surface area (Å²) in [6, 6.07) is 11.4. The second-order valence-corrected chi connectivity index (χ2v) is 10.0. The Hall–Kier alpha value is -3.37. The van der Waals surface area contributed by atoms with Crippen LogP contribution >= 0.6 is 11.6 Å². The largest absolute Gasteiger partial charge is 0.489 e. The van der Waals surface area contributed by atoms with Gasteiger partial charge >= 0.3 is 5.97 Å². The van der Waals surface area contributed by atoms with Crippen LogP contribution in [0.4, 0.5) is 0 Å². The zero-order valence-electron chi connectivity index (χ0n) is 19.5. The molecule has 0 bridgehead atoms. The van der Waals surface area contributed by atoms with Crippen LogP contribution < -0.4 is 9.46 Å². The van der Waals surface area contributed by atoms with Crippen molar-refractivity contribution in [2.45, 2.75) is 32.3 Å². The highest BCUT2D eigenvalue weighted by Crippen LogP contribution is 2.27. The Balaban J connectivity index is 1.78. The third kappa shape index (κ3) is 7.06. The Morgan fingerprint density at radius 2 is 1.89 bits per heavy atom. The maximum atomic E-state index is 12.5. The Morgan fingerprint density at radius 1 is 1.17 bits per heavy atom. The van der Waals surface area contributed by atoms with Gasteiger partial charge in [0.2, 0.25) is 10.0 Å². The van der Waals surface area contributed by atoms with Gasteiger partial charge in [0.1, 0.15) is 24.1 Å². The number of methoxy groups -OCH3 is 1. The minimum atomic E-state index is -3.74. The SMILES string of the molecule is CCCc1ncc(C(C(=O)OC)c2ccc(OCc3ccc(Cl)cc3C(=O)NS(C)(=O)=O)cc2)[nH]1. The third-order valence-electron chi connectivity index (χ3n) is 5.09. The van der Waals surface area contributed by atoms with Gasteiger partial charge in [-0.2, -0.15) is 0 Å². The van der Waals surface area contributed by atoms with E-state index in [0.717, 1.165) is 24.9 Å². The van der Waals surface area contributed by atoms with Crippen LogP contribution in [0.3, 0.4) is 0 Å². The first kappa shape index (κ1) is 26.2. The number of hydrogen-bond donors (Lipinski definition) is 2. The molecular weight excluding hydrogens is 494 g/mol. The van der Waals surface area contributed by atoms with E-state index in [9.17, 15) is 18.0 Å². The number of hydrogen-bond acceptors (Lipinski definition) is 7. The third-order valence-corrected chi connectivity index (χ3v) is 5.88. The van der Waals surface area contributed by atoms with Crippen molar-refractivity contribution >= 4 is 33.5 Å². The lowest BCUT2D eigenvalue weighted by atomic mass is 9.96. The summed E-state index contributed by atoms with van der Waals surface area (Å²) in [4.78, 5) is 32.4. The predicted molar refractivity (Wildman–Crippen MR) is 131 cm³/mol. The average Bonchev–Trinajstić information content (AvgIpc) is 3.26. The molecule has 186 valence electrons. The summed E-state index contributed by atoms with van der Waals surface area (Å²) in [5.41, 5.74) is 1.87. The summed E-state index contributed by atoms with van der Waals surface area (Å²) in [6.45, 7) is 2.04. The van der Waals surface area contributed by atoms with E-state index in [1.165, 1.54) is 13.2 Å². The summed E-state index contributed by atoms with van der Waals surface area (Å²) in [5.74, 6) is -0.609. The molecule has 0 saturated heterocycles. The van der Waals surface area contributed by atoms with Crippen LogP contribution in [0.2, 0.25) is 5.02 Å². The highest BCUT2D eigenvalue weighted by molar-refractivity contribution is 7.89. The van der Waals surface area contributed by atoms with Gasteiger partial charge in [0.05, 0.1) is 19.1 Å². The zero-order valence-corrected chi connectivity index (χ0v) is 21.1. The highest BCUT2D eigenvalue weighted by Gasteiger charge is 2.26. The molecule has 2 aromatic carbocycles. The van der Waals surface area contributed by atoms with E-state index in [1.54, 1.807) is 42.6 Å². The van der Waals surface area contributed by atoms with Crippen LogP contribution in [0.1, 0.15) is 52.3 Å². The molecule has 1 amide bonds. The topological polar surface area (TPSA) is 127 Å². The molecule has 1 unspecified atom stereocenters. The number of ether oxygens (including phenoxy) is 2. The molecule has 0 aliphatic rings. The molecule has 3 aromatic rings.